The molecule has 0 fully saturated rings. The fourth-order valence-corrected chi connectivity index (χ4v) is 2.99. The maximum atomic E-state index is 12.2. The Morgan fingerprint density at radius 2 is 1.85 bits per heavy atom. The van der Waals surface area contributed by atoms with Gasteiger partial charge in [0.05, 0.1) is 17.9 Å². The molecule has 0 spiro atoms. The summed E-state index contributed by atoms with van der Waals surface area (Å²) in [5.74, 6) is 0.630. The Balaban J connectivity index is 2.24. The summed E-state index contributed by atoms with van der Waals surface area (Å²) in [6.45, 7) is 5.53. The van der Waals surface area contributed by atoms with Gasteiger partial charge in [-0.2, -0.15) is 0 Å². The van der Waals surface area contributed by atoms with Crippen LogP contribution in [-0.4, -0.2) is 13.6 Å². The van der Waals surface area contributed by atoms with E-state index >= 15 is 0 Å². The van der Waals surface area contributed by atoms with E-state index in [1.54, 1.807) is 25.1 Å². The van der Waals surface area contributed by atoms with Gasteiger partial charge >= 0.3 is 0 Å². The molecule has 6 nitrogen and oxygen atoms in total. The van der Waals surface area contributed by atoms with Crippen molar-refractivity contribution in [1.82, 2.24) is 9.88 Å². The summed E-state index contributed by atoms with van der Waals surface area (Å²) in [7, 11) is -3.68. The molecule has 0 aliphatic rings. The Kier molecular flexibility index (Phi) is 3.82. The molecule has 0 unspecified atom stereocenters. The van der Waals surface area contributed by atoms with Gasteiger partial charge in [-0.15, -0.1) is 0 Å². The fraction of sp³-hybridized carbons (Fsp3) is 0.308. The molecule has 0 radical (unpaired) electrons. The molecular weight excluding hydrogens is 278 g/mol. The largest absolute Gasteiger partial charge is 0.398 e. The number of benzene rings is 1. The number of nitrogen functional groups attached to an aromatic ring is 1. The second-order valence-corrected chi connectivity index (χ2v) is 6.46. The van der Waals surface area contributed by atoms with Gasteiger partial charge in [-0.05, 0) is 44.0 Å². The molecule has 7 heteroatoms. The van der Waals surface area contributed by atoms with Gasteiger partial charge in [-0.1, -0.05) is 5.16 Å². The second-order valence-electron chi connectivity index (χ2n) is 4.73. The van der Waals surface area contributed by atoms with Crippen LogP contribution in [0.25, 0.3) is 0 Å². The molecule has 0 aliphatic heterocycles. The summed E-state index contributed by atoms with van der Waals surface area (Å²) in [4.78, 5) is 0.0841. The molecule has 2 rings (SSSR count). The van der Waals surface area contributed by atoms with Crippen molar-refractivity contribution in [3.8, 4) is 0 Å². The van der Waals surface area contributed by atoms with Gasteiger partial charge in [0.1, 0.15) is 10.7 Å². The van der Waals surface area contributed by atoms with Crippen molar-refractivity contribution in [2.75, 3.05) is 5.73 Å². The smallest absolute Gasteiger partial charge is 0.242 e. The number of hydrogen-bond donors (Lipinski definition) is 2. The highest BCUT2D eigenvalue weighted by Crippen LogP contribution is 2.22. The van der Waals surface area contributed by atoms with E-state index in [-0.39, 0.29) is 17.1 Å². The van der Waals surface area contributed by atoms with Crippen molar-refractivity contribution < 1.29 is 12.9 Å². The van der Waals surface area contributed by atoms with Crippen LogP contribution < -0.4 is 10.5 Å². The second kappa shape index (κ2) is 5.26. The zero-order valence-electron chi connectivity index (χ0n) is 11.6. The van der Waals surface area contributed by atoms with E-state index in [0.29, 0.717) is 11.5 Å². The van der Waals surface area contributed by atoms with Crippen molar-refractivity contribution in [3.63, 3.8) is 0 Å². The van der Waals surface area contributed by atoms with Gasteiger partial charge in [-0.3, -0.25) is 0 Å². The van der Waals surface area contributed by atoms with Crippen LogP contribution in [0.4, 0.5) is 5.69 Å². The van der Waals surface area contributed by atoms with E-state index in [2.05, 4.69) is 9.88 Å². The third kappa shape index (κ3) is 3.00. The maximum Gasteiger partial charge on any atom is 0.242 e. The quantitative estimate of drug-likeness (QED) is 0.836. The van der Waals surface area contributed by atoms with Gasteiger partial charge < -0.3 is 10.3 Å². The normalized spacial score (nSPS) is 11.8. The molecule has 0 bridgehead atoms. The molecule has 20 heavy (non-hydrogen) atoms. The topological polar surface area (TPSA) is 98.2 Å². The minimum absolute atomic E-state index is 0.0615. The van der Waals surface area contributed by atoms with E-state index in [9.17, 15) is 8.42 Å². The molecule has 0 saturated carbocycles. The summed E-state index contributed by atoms with van der Waals surface area (Å²) in [6, 6.07) is 4.90. The SMILES string of the molecule is Cc1cc(CNS(=O)(=O)c2cc(C)c(C)cc2N)no1. The van der Waals surface area contributed by atoms with Crippen molar-refractivity contribution in [1.29, 1.82) is 0 Å². The van der Waals surface area contributed by atoms with E-state index in [1.165, 1.54) is 0 Å². The van der Waals surface area contributed by atoms with Crippen molar-refractivity contribution in [3.05, 3.63) is 40.8 Å². The van der Waals surface area contributed by atoms with E-state index < -0.39 is 10.0 Å². The Hall–Kier alpha value is -1.86. The van der Waals surface area contributed by atoms with Crippen molar-refractivity contribution in [2.24, 2.45) is 0 Å². The van der Waals surface area contributed by atoms with Crippen LogP contribution in [0.3, 0.4) is 0 Å². The number of aromatic nitrogens is 1. The summed E-state index contributed by atoms with van der Waals surface area (Å²) in [6.07, 6.45) is 0. The number of hydrogen-bond acceptors (Lipinski definition) is 5. The number of nitrogens with zero attached hydrogens (tertiary/aromatic N) is 1. The minimum Gasteiger partial charge on any atom is -0.398 e. The first kappa shape index (κ1) is 14.5. The minimum atomic E-state index is -3.68. The van der Waals surface area contributed by atoms with E-state index in [1.807, 2.05) is 13.8 Å². The van der Waals surface area contributed by atoms with Gasteiger partial charge in [0, 0.05) is 6.07 Å². The molecule has 2 aromatic rings. The fourth-order valence-electron chi connectivity index (χ4n) is 1.79. The third-order valence-corrected chi connectivity index (χ3v) is 4.49. The number of nitrogens with two attached hydrogens (primary N) is 1. The summed E-state index contributed by atoms with van der Waals surface area (Å²) in [5, 5.41) is 3.73. The van der Waals surface area contributed by atoms with Gasteiger partial charge in [0.2, 0.25) is 10.0 Å². The summed E-state index contributed by atoms with van der Waals surface area (Å²) < 4.78 is 31.8. The lowest BCUT2D eigenvalue weighted by Crippen LogP contribution is -2.24. The molecule has 1 aromatic heterocycles. The van der Waals surface area contributed by atoms with Crippen LogP contribution in [0.15, 0.2) is 27.6 Å². The Morgan fingerprint density at radius 1 is 1.20 bits per heavy atom. The molecule has 1 heterocycles. The van der Waals surface area contributed by atoms with Crippen LogP contribution in [0, 0.1) is 20.8 Å². The molecule has 0 saturated heterocycles. The zero-order valence-corrected chi connectivity index (χ0v) is 12.4. The van der Waals surface area contributed by atoms with Gasteiger partial charge in [0.15, 0.2) is 0 Å². The average molecular weight is 295 g/mol. The van der Waals surface area contributed by atoms with Crippen LogP contribution in [0.2, 0.25) is 0 Å². The number of aryl methyl sites for hydroxylation is 3. The average Bonchev–Trinajstić information content (AvgIpc) is 2.77. The number of sulfonamides is 1. The first-order valence-corrected chi connectivity index (χ1v) is 7.56. The Bertz CT molecular complexity index is 735. The number of nitrogens with one attached hydrogen (secondary N) is 1. The third-order valence-electron chi connectivity index (χ3n) is 3.04. The molecule has 0 atom stereocenters. The number of rotatable bonds is 4. The van der Waals surface area contributed by atoms with Gasteiger partial charge in [0.25, 0.3) is 0 Å². The predicted octanol–water partition coefficient (Wildman–Crippen LogP) is 1.66. The van der Waals surface area contributed by atoms with Crippen LogP contribution in [-0.2, 0) is 16.6 Å². The van der Waals surface area contributed by atoms with Crippen LogP contribution in [0.5, 0.6) is 0 Å². The molecular formula is C13H17N3O3S. The van der Waals surface area contributed by atoms with E-state index in [0.717, 1.165) is 11.1 Å². The lowest BCUT2D eigenvalue weighted by Gasteiger charge is -2.10. The molecule has 0 aliphatic carbocycles. The van der Waals surface area contributed by atoms with Gasteiger partial charge in [-0.25, -0.2) is 13.1 Å². The van der Waals surface area contributed by atoms with Crippen LogP contribution in [0.1, 0.15) is 22.6 Å². The first-order chi connectivity index (χ1) is 9.29. The van der Waals surface area contributed by atoms with Crippen molar-refractivity contribution in [2.45, 2.75) is 32.2 Å². The monoisotopic (exact) mass is 295 g/mol. The lowest BCUT2D eigenvalue weighted by atomic mass is 10.1. The predicted molar refractivity (Wildman–Crippen MR) is 75.6 cm³/mol. The number of anilines is 1. The highest BCUT2D eigenvalue weighted by atomic mass is 32.2. The molecule has 108 valence electrons. The zero-order chi connectivity index (χ0) is 14.9. The Morgan fingerprint density at radius 3 is 2.45 bits per heavy atom. The standard InChI is InChI=1S/C13H17N3O3S/c1-8-4-12(14)13(5-9(8)2)20(17,18)15-7-11-6-10(3)19-16-11/h4-6,15H,7,14H2,1-3H3. The first-order valence-electron chi connectivity index (χ1n) is 6.08. The molecule has 3 N–H and O–H groups in total. The van der Waals surface area contributed by atoms with Crippen LogP contribution >= 0.6 is 0 Å². The highest BCUT2D eigenvalue weighted by Gasteiger charge is 2.18. The lowest BCUT2D eigenvalue weighted by molar-refractivity contribution is 0.390. The highest BCUT2D eigenvalue weighted by molar-refractivity contribution is 7.89. The molecule has 0 amide bonds. The summed E-state index contributed by atoms with van der Waals surface area (Å²) >= 11 is 0. The van der Waals surface area contributed by atoms with E-state index in [4.69, 9.17) is 10.3 Å². The Labute approximate surface area is 118 Å². The molecule has 1 aromatic carbocycles. The summed E-state index contributed by atoms with van der Waals surface area (Å²) in [5.41, 5.74) is 8.38. The maximum absolute atomic E-state index is 12.2. The van der Waals surface area contributed by atoms with Crippen molar-refractivity contribution >= 4 is 15.7 Å².